The summed E-state index contributed by atoms with van der Waals surface area (Å²) < 4.78 is 5.64. The van der Waals surface area contributed by atoms with Crippen LogP contribution < -0.4 is 10.1 Å². The Kier molecular flexibility index (Phi) is 3.62. The molecule has 86 valence electrons. The molecule has 0 saturated carbocycles. The number of ether oxygens (including phenoxy) is 1. The average molecular weight is 217 g/mol. The van der Waals surface area contributed by atoms with E-state index in [1.54, 1.807) is 0 Å². The minimum absolute atomic E-state index is 0.508. The monoisotopic (exact) mass is 217 g/mol. The molecule has 0 radical (unpaired) electrons. The van der Waals surface area contributed by atoms with Crippen molar-refractivity contribution in [3.05, 3.63) is 42.0 Å². The smallest absolute Gasteiger partial charge is 0.120 e. The molecule has 1 saturated heterocycles. The van der Waals surface area contributed by atoms with Crippen LogP contribution in [-0.4, -0.2) is 13.2 Å². The van der Waals surface area contributed by atoms with E-state index in [0.29, 0.717) is 12.6 Å². The first-order valence-corrected chi connectivity index (χ1v) is 5.86. The lowest BCUT2D eigenvalue weighted by atomic mass is 10.1. The minimum Gasteiger partial charge on any atom is -0.489 e. The van der Waals surface area contributed by atoms with Crippen LogP contribution >= 0.6 is 0 Å². The van der Waals surface area contributed by atoms with Crippen LogP contribution in [0.4, 0.5) is 0 Å². The predicted octanol–water partition coefficient (Wildman–Crippen LogP) is 3.07. The Balaban J connectivity index is 2.03. The van der Waals surface area contributed by atoms with Gasteiger partial charge >= 0.3 is 0 Å². The van der Waals surface area contributed by atoms with Crippen molar-refractivity contribution in [3.8, 4) is 5.75 Å². The van der Waals surface area contributed by atoms with Gasteiger partial charge in [-0.05, 0) is 49.6 Å². The van der Waals surface area contributed by atoms with Crippen LogP contribution in [-0.2, 0) is 0 Å². The van der Waals surface area contributed by atoms with Gasteiger partial charge in [0.1, 0.15) is 12.4 Å². The van der Waals surface area contributed by atoms with Crippen molar-refractivity contribution in [1.29, 1.82) is 0 Å². The van der Waals surface area contributed by atoms with Crippen molar-refractivity contribution in [1.82, 2.24) is 5.32 Å². The van der Waals surface area contributed by atoms with Gasteiger partial charge in [-0.15, -0.1) is 0 Å². The van der Waals surface area contributed by atoms with E-state index >= 15 is 0 Å². The fourth-order valence-corrected chi connectivity index (χ4v) is 2.00. The molecule has 1 aromatic carbocycles. The molecule has 0 spiro atoms. The summed E-state index contributed by atoms with van der Waals surface area (Å²) in [5, 5.41) is 3.49. The van der Waals surface area contributed by atoms with Crippen molar-refractivity contribution in [3.63, 3.8) is 0 Å². The largest absolute Gasteiger partial charge is 0.489 e. The van der Waals surface area contributed by atoms with Crippen LogP contribution in [0.5, 0.6) is 5.75 Å². The summed E-state index contributed by atoms with van der Waals surface area (Å²) in [5.74, 6) is 0.939. The second-order valence-corrected chi connectivity index (χ2v) is 4.47. The third kappa shape index (κ3) is 2.86. The van der Waals surface area contributed by atoms with Crippen molar-refractivity contribution in [2.45, 2.75) is 25.8 Å². The Bertz CT molecular complexity index is 367. The molecule has 0 bridgehead atoms. The molecule has 2 heteroatoms. The molecular weight excluding hydrogens is 198 g/mol. The lowest BCUT2D eigenvalue weighted by molar-refractivity contribution is 0.352. The predicted molar refractivity (Wildman–Crippen MR) is 66.7 cm³/mol. The van der Waals surface area contributed by atoms with Gasteiger partial charge in [0, 0.05) is 6.04 Å². The quantitative estimate of drug-likeness (QED) is 0.783. The molecule has 1 aromatic rings. The van der Waals surface area contributed by atoms with E-state index in [0.717, 1.165) is 17.9 Å². The number of hydrogen-bond donors (Lipinski definition) is 1. The van der Waals surface area contributed by atoms with E-state index in [-0.39, 0.29) is 0 Å². The first-order valence-electron chi connectivity index (χ1n) is 5.86. The number of nitrogens with one attached hydrogen (secondary N) is 1. The summed E-state index contributed by atoms with van der Waals surface area (Å²) in [7, 11) is 0. The molecule has 1 heterocycles. The van der Waals surface area contributed by atoms with Gasteiger partial charge in [-0.2, -0.15) is 0 Å². The maximum absolute atomic E-state index is 5.64. The Hall–Kier alpha value is -1.28. The zero-order chi connectivity index (χ0) is 11.4. The zero-order valence-electron chi connectivity index (χ0n) is 9.83. The topological polar surface area (TPSA) is 21.3 Å². The highest BCUT2D eigenvalue weighted by Gasteiger charge is 2.16. The van der Waals surface area contributed by atoms with Gasteiger partial charge in [-0.3, -0.25) is 0 Å². The van der Waals surface area contributed by atoms with E-state index in [1.165, 1.54) is 18.4 Å². The summed E-state index contributed by atoms with van der Waals surface area (Å²) in [6.07, 6.45) is 2.49. The molecule has 0 aromatic heterocycles. The average Bonchev–Trinajstić information content (AvgIpc) is 2.80. The molecule has 1 atom stereocenters. The van der Waals surface area contributed by atoms with Gasteiger partial charge in [-0.25, -0.2) is 0 Å². The van der Waals surface area contributed by atoms with Crippen LogP contribution in [0, 0.1) is 0 Å². The van der Waals surface area contributed by atoms with E-state index < -0.39 is 0 Å². The normalized spacial score (nSPS) is 19.7. The second kappa shape index (κ2) is 5.17. The number of rotatable bonds is 4. The van der Waals surface area contributed by atoms with Gasteiger partial charge in [0.05, 0.1) is 0 Å². The fraction of sp³-hybridized carbons (Fsp3) is 0.429. The Morgan fingerprint density at radius 2 is 2.44 bits per heavy atom. The lowest BCUT2D eigenvalue weighted by Crippen LogP contribution is -2.12. The molecule has 1 aliphatic heterocycles. The van der Waals surface area contributed by atoms with Gasteiger partial charge in [0.2, 0.25) is 0 Å². The molecule has 1 fully saturated rings. The summed E-state index contributed by atoms with van der Waals surface area (Å²) >= 11 is 0. The Morgan fingerprint density at radius 1 is 1.56 bits per heavy atom. The van der Waals surface area contributed by atoms with Gasteiger partial charge in [0.25, 0.3) is 0 Å². The van der Waals surface area contributed by atoms with Gasteiger partial charge in [-0.1, -0.05) is 18.7 Å². The third-order valence-corrected chi connectivity index (χ3v) is 2.81. The van der Waals surface area contributed by atoms with Crippen LogP contribution in [0.1, 0.15) is 31.4 Å². The molecule has 2 rings (SSSR count). The maximum Gasteiger partial charge on any atom is 0.120 e. The molecule has 1 N–H and O–H groups in total. The molecule has 16 heavy (non-hydrogen) atoms. The van der Waals surface area contributed by atoms with Crippen molar-refractivity contribution in [2.75, 3.05) is 13.2 Å². The molecule has 0 amide bonds. The van der Waals surface area contributed by atoms with Crippen LogP contribution in [0.15, 0.2) is 36.4 Å². The van der Waals surface area contributed by atoms with Gasteiger partial charge < -0.3 is 10.1 Å². The van der Waals surface area contributed by atoms with E-state index in [1.807, 2.05) is 13.0 Å². The van der Waals surface area contributed by atoms with E-state index in [2.05, 4.69) is 30.1 Å². The highest BCUT2D eigenvalue weighted by atomic mass is 16.5. The minimum atomic E-state index is 0.508. The summed E-state index contributed by atoms with van der Waals surface area (Å²) in [5.41, 5.74) is 2.38. The molecule has 2 nitrogen and oxygen atoms in total. The first-order chi connectivity index (χ1) is 7.75. The standard InChI is InChI=1S/C14H19NO/c1-11(2)10-16-13-6-3-5-12(9-13)14-7-4-8-15-14/h3,5-6,9,14-15H,1,4,7-8,10H2,2H3. The first kappa shape index (κ1) is 11.2. The van der Waals surface area contributed by atoms with E-state index in [4.69, 9.17) is 4.74 Å². The third-order valence-electron chi connectivity index (χ3n) is 2.81. The van der Waals surface area contributed by atoms with Crippen LogP contribution in [0.3, 0.4) is 0 Å². The highest BCUT2D eigenvalue weighted by Crippen LogP contribution is 2.25. The van der Waals surface area contributed by atoms with Crippen LogP contribution in [0.2, 0.25) is 0 Å². The summed E-state index contributed by atoms with van der Waals surface area (Å²) in [6.45, 7) is 7.53. The van der Waals surface area contributed by atoms with Crippen molar-refractivity contribution < 1.29 is 4.74 Å². The van der Waals surface area contributed by atoms with Crippen LogP contribution in [0.25, 0.3) is 0 Å². The molecule has 0 aliphatic carbocycles. The zero-order valence-corrected chi connectivity index (χ0v) is 9.83. The number of hydrogen-bond acceptors (Lipinski definition) is 2. The molecular formula is C14H19NO. The molecule has 1 aliphatic rings. The summed E-state index contributed by atoms with van der Waals surface area (Å²) in [4.78, 5) is 0. The van der Waals surface area contributed by atoms with Crippen molar-refractivity contribution >= 4 is 0 Å². The second-order valence-electron chi connectivity index (χ2n) is 4.47. The van der Waals surface area contributed by atoms with E-state index in [9.17, 15) is 0 Å². The molecule has 1 unspecified atom stereocenters. The maximum atomic E-state index is 5.64. The van der Waals surface area contributed by atoms with Crippen molar-refractivity contribution in [2.24, 2.45) is 0 Å². The number of benzene rings is 1. The summed E-state index contributed by atoms with van der Waals surface area (Å²) in [6, 6.07) is 8.86. The van der Waals surface area contributed by atoms with Gasteiger partial charge in [0.15, 0.2) is 0 Å². The highest BCUT2D eigenvalue weighted by molar-refractivity contribution is 5.31. The lowest BCUT2D eigenvalue weighted by Gasteiger charge is -2.12. The SMILES string of the molecule is C=C(C)COc1cccc(C2CCCN2)c1. The fourth-order valence-electron chi connectivity index (χ4n) is 2.00. The Labute approximate surface area is 97.3 Å². The Morgan fingerprint density at radius 3 is 3.12 bits per heavy atom.